The van der Waals surface area contributed by atoms with Gasteiger partial charge in [0.05, 0.1) is 0 Å². The lowest BCUT2D eigenvalue weighted by atomic mass is 9.85. The number of rotatable bonds is 4. The van der Waals surface area contributed by atoms with Crippen molar-refractivity contribution < 1.29 is 15.0 Å². The van der Waals surface area contributed by atoms with Gasteiger partial charge in [0, 0.05) is 6.42 Å². The van der Waals surface area contributed by atoms with Gasteiger partial charge in [0.2, 0.25) is 0 Å². The molecule has 0 atom stereocenters. The third-order valence-electron chi connectivity index (χ3n) is 2.73. The maximum absolute atomic E-state index is 10.4. The number of carboxylic acid groups (broad SMARTS) is 1. The average Bonchev–Trinajstić information content (AvgIpc) is 2.18. The van der Waals surface area contributed by atoms with Gasteiger partial charge in [-0.2, -0.15) is 0 Å². The zero-order valence-corrected chi connectivity index (χ0v) is 10.7. The number of aromatic hydroxyl groups is 1. The quantitative estimate of drug-likeness (QED) is 0.844. The zero-order valence-electron chi connectivity index (χ0n) is 10.7. The van der Waals surface area contributed by atoms with E-state index in [1.54, 1.807) is 6.07 Å². The van der Waals surface area contributed by atoms with Gasteiger partial charge in [-0.3, -0.25) is 4.79 Å². The van der Waals surface area contributed by atoms with Gasteiger partial charge in [0.25, 0.3) is 0 Å². The van der Waals surface area contributed by atoms with Gasteiger partial charge in [-0.1, -0.05) is 32.9 Å². The number of phenols is 1. The number of aliphatic carboxylic acids is 1. The molecule has 0 aromatic heterocycles. The molecule has 3 nitrogen and oxygen atoms in total. The van der Waals surface area contributed by atoms with Crippen molar-refractivity contribution in [2.45, 2.75) is 45.4 Å². The van der Waals surface area contributed by atoms with E-state index in [4.69, 9.17) is 5.11 Å². The summed E-state index contributed by atoms with van der Waals surface area (Å²) in [7, 11) is 0. The standard InChI is InChI=1S/C14H20O3/c1-14(2,3)11-9-10(7-8-12(11)15)5-4-6-13(16)17/h7-9,15H,4-6H2,1-3H3,(H,16,17). The van der Waals surface area contributed by atoms with Gasteiger partial charge >= 0.3 is 5.97 Å². The molecule has 0 aliphatic carbocycles. The lowest BCUT2D eigenvalue weighted by molar-refractivity contribution is -0.137. The summed E-state index contributed by atoms with van der Waals surface area (Å²) < 4.78 is 0. The first-order valence-corrected chi connectivity index (χ1v) is 5.85. The Morgan fingerprint density at radius 3 is 2.47 bits per heavy atom. The summed E-state index contributed by atoms with van der Waals surface area (Å²) in [6, 6.07) is 5.51. The number of phenolic OH excluding ortho intramolecular Hbond substituents is 1. The van der Waals surface area contributed by atoms with Crippen LogP contribution < -0.4 is 0 Å². The fourth-order valence-electron chi connectivity index (χ4n) is 1.78. The SMILES string of the molecule is CC(C)(C)c1cc(CCCC(=O)O)ccc1O. The second-order valence-electron chi connectivity index (χ2n) is 5.35. The Kier molecular flexibility index (Phi) is 4.16. The number of hydrogen-bond acceptors (Lipinski definition) is 2. The molecule has 0 saturated carbocycles. The lowest BCUT2D eigenvalue weighted by Gasteiger charge is -2.21. The molecule has 3 heteroatoms. The molecular formula is C14H20O3. The molecule has 1 aromatic carbocycles. The van der Waals surface area contributed by atoms with Crippen molar-refractivity contribution in [2.75, 3.05) is 0 Å². The molecule has 0 amide bonds. The van der Waals surface area contributed by atoms with Crippen LogP contribution in [0.4, 0.5) is 0 Å². The Hall–Kier alpha value is -1.51. The van der Waals surface area contributed by atoms with Crippen LogP contribution in [0.5, 0.6) is 5.75 Å². The second-order valence-corrected chi connectivity index (χ2v) is 5.35. The zero-order chi connectivity index (χ0) is 13.1. The van der Waals surface area contributed by atoms with Gasteiger partial charge in [-0.15, -0.1) is 0 Å². The summed E-state index contributed by atoms with van der Waals surface area (Å²) in [6.45, 7) is 6.13. The highest BCUT2D eigenvalue weighted by atomic mass is 16.4. The predicted molar refractivity (Wildman–Crippen MR) is 67.4 cm³/mol. The maximum atomic E-state index is 10.4. The van der Waals surface area contributed by atoms with Gasteiger partial charge in [-0.25, -0.2) is 0 Å². The molecule has 0 aliphatic rings. The minimum Gasteiger partial charge on any atom is -0.508 e. The normalized spacial score (nSPS) is 11.5. The van der Waals surface area contributed by atoms with Gasteiger partial charge in [0.1, 0.15) is 5.75 Å². The highest BCUT2D eigenvalue weighted by Crippen LogP contribution is 2.31. The summed E-state index contributed by atoms with van der Waals surface area (Å²) in [5.74, 6) is -0.459. The number of benzene rings is 1. The van der Waals surface area contributed by atoms with Gasteiger partial charge in [-0.05, 0) is 35.4 Å². The van der Waals surface area contributed by atoms with Crippen LogP contribution in [0.15, 0.2) is 18.2 Å². The third-order valence-corrected chi connectivity index (χ3v) is 2.73. The molecule has 0 spiro atoms. The lowest BCUT2D eigenvalue weighted by Crippen LogP contribution is -2.11. The maximum Gasteiger partial charge on any atom is 0.303 e. The first-order chi connectivity index (χ1) is 7.80. The van der Waals surface area contributed by atoms with Crippen LogP contribution in [0.1, 0.15) is 44.7 Å². The van der Waals surface area contributed by atoms with Crippen molar-refractivity contribution in [3.05, 3.63) is 29.3 Å². The molecule has 1 rings (SSSR count). The Labute approximate surface area is 102 Å². The van der Waals surface area contributed by atoms with Crippen LogP contribution in [-0.4, -0.2) is 16.2 Å². The third kappa shape index (κ3) is 4.10. The first-order valence-electron chi connectivity index (χ1n) is 5.85. The fraction of sp³-hybridized carbons (Fsp3) is 0.500. The van der Waals surface area contributed by atoms with Crippen molar-refractivity contribution in [2.24, 2.45) is 0 Å². The minimum atomic E-state index is -0.764. The van der Waals surface area contributed by atoms with E-state index in [-0.39, 0.29) is 11.8 Å². The fourth-order valence-corrected chi connectivity index (χ4v) is 1.78. The largest absolute Gasteiger partial charge is 0.508 e. The smallest absolute Gasteiger partial charge is 0.303 e. The van der Waals surface area contributed by atoms with E-state index in [9.17, 15) is 9.90 Å². The topological polar surface area (TPSA) is 57.5 Å². The average molecular weight is 236 g/mol. The molecule has 2 N–H and O–H groups in total. The number of aryl methyl sites for hydroxylation is 1. The van der Waals surface area contributed by atoms with E-state index in [2.05, 4.69) is 0 Å². The molecule has 0 radical (unpaired) electrons. The van der Waals surface area contributed by atoms with Crippen LogP contribution in [0.3, 0.4) is 0 Å². The van der Waals surface area contributed by atoms with Crippen LogP contribution in [0.25, 0.3) is 0 Å². The van der Waals surface area contributed by atoms with Crippen LogP contribution in [-0.2, 0) is 16.6 Å². The molecule has 1 aromatic rings. The molecule has 0 fully saturated rings. The Morgan fingerprint density at radius 2 is 1.94 bits per heavy atom. The molecular weight excluding hydrogens is 216 g/mol. The van der Waals surface area contributed by atoms with E-state index < -0.39 is 5.97 Å². The summed E-state index contributed by atoms with van der Waals surface area (Å²) in [5.41, 5.74) is 1.88. The summed E-state index contributed by atoms with van der Waals surface area (Å²) >= 11 is 0. The Balaban J connectivity index is 2.79. The Morgan fingerprint density at radius 1 is 1.29 bits per heavy atom. The number of carboxylic acids is 1. The molecule has 0 aliphatic heterocycles. The molecule has 17 heavy (non-hydrogen) atoms. The predicted octanol–water partition coefficient (Wildman–Crippen LogP) is 3.10. The van der Waals surface area contributed by atoms with Crippen molar-refractivity contribution in [1.29, 1.82) is 0 Å². The van der Waals surface area contributed by atoms with E-state index >= 15 is 0 Å². The first kappa shape index (κ1) is 13.6. The molecule has 94 valence electrons. The highest BCUT2D eigenvalue weighted by Gasteiger charge is 2.18. The Bertz CT molecular complexity index is 402. The van der Waals surface area contributed by atoms with Gasteiger partial charge in [0.15, 0.2) is 0 Å². The summed E-state index contributed by atoms with van der Waals surface area (Å²) in [4.78, 5) is 10.4. The molecule has 0 saturated heterocycles. The summed E-state index contributed by atoms with van der Waals surface area (Å²) in [5, 5.41) is 18.4. The van der Waals surface area contributed by atoms with Gasteiger partial charge < -0.3 is 10.2 Å². The van der Waals surface area contributed by atoms with E-state index in [0.717, 1.165) is 17.5 Å². The van der Waals surface area contributed by atoms with E-state index in [1.165, 1.54) is 0 Å². The minimum absolute atomic E-state index is 0.104. The van der Waals surface area contributed by atoms with Crippen LogP contribution >= 0.6 is 0 Å². The molecule has 0 heterocycles. The summed E-state index contributed by atoms with van der Waals surface area (Å²) in [6.07, 6.45) is 1.55. The van der Waals surface area contributed by atoms with E-state index in [1.807, 2.05) is 32.9 Å². The molecule has 0 bridgehead atoms. The second kappa shape index (κ2) is 5.21. The monoisotopic (exact) mass is 236 g/mol. The van der Waals surface area contributed by atoms with E-state index in [0.29, 0.717) is 12.2 Å². The van der Waals surface area contributed by atoms with Crippen LogP contribution in [0.2, 0.25) is 0 Å². The van der Waals surface area contributed by atoms with Crippen molar-refractivity contribution in [1.82, 2.24) is 0 Å². The van der Waals surface area contributed by atoms with Crippen molar-refractivity contribution in [3.63, 3.8) is 0 Å². The number of carbonyl (C=O) groups is 1. The van der Waals surface area contributed by atoms with Crippen molar-refractivity contribution in [3.8, 4) is 5.75 Å². The number of hydrogen-bond donors (Lipinski definition) is 2. The van der Waals surface area contributed by atoms with Crippen molar-refractivity contribution >= 4 is 5.97 Å². The molecule has 0 unspecified atom stereocenters. The highest BCUT2D eigenvalue weighted by molar-refractivity contribution is 5.66. The van der Waals surface area contributed by atoms with Crippen LogP contribution in [0, 0.1) is 0 Å².